The molecule has 0 aromatic heterocycles. The molecule has 6 fully saturated rings. The van der Waals surface area contributed by atoms with E-state index in [0.29, 0.717) is 63.8 Å². The molecule has 11 heteroatoms. The summed E-state index contributed by atoms with van der Waals surface area (Å²) in [7, 11) is 3.89. The van der Waals surface area contributed by atoms with E-state index >= 15 is 4.79 Å². The average Bonchev–Trinajstić information content (AvgIpc) is 4.01. The summed E-state index contributed by atoms with van der Waals surface area (Å²) in [5.41, 5.74) is 0.900. The predicted molar refractivity (Wildman–Crippen MR) is 275 cm³/mol. The number of esters is 2. The second-order valence-electron chi connectivity index (χ2n) is 23.9. The Morgan fingerprint density at radius 3 is 2.36 bits per heavy atom. The van der Waals surface area contributed by atoms with Crippen molar-refractivity contribution in [2.24, 2.45) is 57.2 Å². The van der Waals surface area contributed by atoms with Gasteiger partial charge in [-0.3, -0.25) is 4.79 Å². The molecular weight excluding hydrogens is 913 g/mol. The molecule has 2 spiro atoms. The standard InChI is InChI=1S/C59H74N2O7S2/c1-40-19-22-49(62)59-50(63)24-27-55(3)47-17-10-18-48(47)61-29-12-30-67-58(59,28-23-44-34-51(64)66-36-44)54(2)25-11-26-56(53(65)68-57(39-54,60-61)52(55)59)35-43(32-41-13-6-4-7-14-41)20-21-46(56)38-70-69-37-45(31-40)33-42-15-8-5-9-16-42/h4-9,13-16,34,40,43,45-50,52,60,62-63H,10,17-24,26-29,31-33,35-39H2,1-3H3. The number of cyclic esters (lactones) is 1. The molecule has 4 aliphatic carbocycles. The number of carbonyl (C=O) groups is 2. The molecule has 6 heterocycles. The van der Waals surface area contributed by atoms with E-state index in [-0.39, 0.29) is 48.3 Å². The van der Waals surface area contributed by atoms with Crippen molar-refractivity contribution in [3.8, 4) is 23.9 Å². The van der Waals surface area contributed by atoms with Gasteiger partial charge in [0.1, 0.15) is 18.3 Å². The minimum Gasteiger partial charge on any atom is -0.458 e. The Morgan fingerprint density at radius 1 is 0.857 bits per heavy atom. The molecule has 6 aliphatic heterocycles. The topological polar surface area (TPSA) is 118 Å². The summed E-state index contributed by atoms with van der Waals surface area (Å²) in [6.07, 6.45) is 15.0. The van der Waals surface area contributed by atoms with Crippen LogP contribution in [0.15, 0.2) is 72.3 Å². The fourth-order valence-electron chi connectivity index (χ4n) is 17.0. The zero-order valence-electron chi connectivity index (χ0n) is 41.6. The van der Waals surface area contributed by atoms with Crippen LogP contribution in [0.4, 0.5) is 0 Å². The van der Waals surface area contributed by atoms with Crippen LogP contribution >= 0.6 is 21.6 Å². The molecule has 374 valence electrons. The fourth-order valence-corrected chi connectivity index (χ4v) is 19.9. The van der Waals surface area contributed by atoms with Gasteiger partial charge in [-0.1, -0.05) is 108 Å². The number of hydrogen-bond acceptors (Lipinski definition) is 11. The van der Waals surface area contributed by atoms with Crippen LogP contribution in [-0.4, -0.2) is 81.4 Å². The van der Waals surface area contributed by atoms with Crippen LogP contribution in [0.5, 0.6) is 0 Å². The number of hydrogen-bond donors (Lipinski definition) is 3. The fraction of sp³-hybridized carbons (Fsp3) is 0.661. The highest BCUT2D eigenvalue weighted by molar-refractivity contribution is 8.76. The SMILES string of the molecule is CC1CCC(O)C23C(O)CCC4(C)C5CCCC5N5CC#COC2(CCC2=CC(=O)OC2)C2(C)C#CCC6(CC(Cc7ccccc7)CCC6CSSCC(Cc6ccccc6)C1)C(=O)OC(C2)(N5)C43. The van der Waals surface area contributed by atoms with Crippen molar-refractivity contribution in [3.63, 3.8) is 0 Å². The lowest BCUT2D eigenvalue weighted by Crippen LogP contribution is -2.84. The average molecular weight is 987 g/mol. The molecule has 0 radical (unpaired) electrons. The lowest BCUT2D eigenvalue weighted by Gasteiger charge is -2.73. The zero-order chi connectivity index (χ0) is 48.4. The quantitative estimate of drug-likeness (QED) is 0.140. The molecule has 7 bridgehead atoms. The normalized spacial score (nSPS) is 44.3. The predicted octanol–water partition coefficient (Wildman–Crippen LogP) is 9.86. The van der Waals surface area contributed by atoms with Crippen molar-refractivity contribution >= 4 is 33.5 Å². The van der Waals surface area contributed by atoms with Gasteiger partial charge in [0, 0.05) is 42.4 Å². The summed E-state index contributed by atoms with van der Waals surface area (Å²) >= 11 is 0. The maximum absolute atomic E-state index is 16.6. The lowest BCUT2D eigenvalue weighted by atomic mass is 9.34. The summed E-state index contributed by atoms with van der Waals surface area (Å²) < 4.78 is 20.8. The molecule has 2 aromatic carbocycles. The number of ether oxygens (including phenoxy) is 3. The Morgan fingerprint density at radius 2 is 1.60 bits per heavy atom. The summed E-state index contributed by atoms with van der Waals surface area (Å²) in [5.74, 6) is 13.0. The second-order valence-corrected chi connectivity index (χ2v) is 26.5. The number of fused-ring (bicyclic) bond motifs is 5. The lowest BCUT2D eigenvalue weighted by molar-refractivity contribution is -0.364. The number of aliphatic hydroxyl groups excluding tert-OH is 2. The molecule has 12 rings (SSSR count). The van der Waals surface area contributed by atoms with Crippen molar-refractivity contribution in [1.82, 2.24) is 10.4 Å². The van der Waals surface area contributed by atoms with Crippen LogP contribution < -0.4 is 5.43 Å². The first-order chi connectivity index (χ1) is 33.8. The Bertz CT molecular complexity index is 2450. The Balaban J connectivity index is 1.14. The van der Waals surface area contributed by atoms with Crippen molar-refractivity contribution in [1.29, 1.82) is 0 Å². The van der Waals surface area contributed by atoms with E-state index in [1.54, 1.807) is 6.08 Å². The molecule has 16 atom stereocenters. The van der Waals surface area contributed by atoms with Gasteiger partial charge in [0.15, 0.2) is 5.72 Å². The van der Waals surface area contributed by atoms with Crippen LogP contribution in [0.1, 0.15) is 128 Å². The third-order valence-corrected chi connectivity index (χ3v) is 22.5. The maximum Gasteiger partial charge on any atom is 0.331 e. The number of carbonyl (C=O) groups excluding carboxylic acids is 2. The van der Waals surface area contributed by atoms with Gasteiger partial charge in [-0.05, 0) is 154 Å². The minimum atomic E-state index is -1.42. The van der Waals surface area contributed by atoms with Gasteiger partial charge in [0.25, 0.3) is 0 Å². The smallest absolute Gasteiger partial charge is 0.331 e. The molecule has 10 aliphatic rings. The zero-order valence-corrected chi connectivity index (χ0v) is 43.2. The Hall–Kier alpha value is -3.42. The van der Waals surface area contributed by atoms with E-state index < -0.39 is 51.1 Å². The van der Waals surface area contributed by atoms with E-state index in [0.717, 1.165) is 74.9 Å². The Labute approximate surface area is 424 Å². The maximum atomic E-state index is 16.6. The summed E-state index contributed by atoms with van der Waals surface area (Å²) in [6, 6.07) is 21.7. The summed E-state index contributed by atoms with van der Waals surface area (Å²) in [5, 5.41) is 30.0. The number of nitrogens with zero attached hydrogens (tertiary/aromatic N) is 1. The third kappa shape index (κ3) is 8.10. The van der Waals surface area contributed by atoms with Crippen LogP contribution in [0.2, 0.25) is 0 Å². The highest BCUT2D eigenvalue weighted by Crippen LogP contribution is 2.76. The molecular formula is C59H74N2O7S2. The van der Waals surface area contributed by atoms with E-state index in [2.05, 4.69) is 116 Å². The van der Waals surface area contributed by atoms with Crippen LogP contribution in [0.25, 0.3) is 0 Å². The van der Waals surface area contributed by atoms with Crippen molar-refractivity contribution in [2.75, 3.05) is 24.7 Å². The molecule has 16 unspecified atom stereocenters. The number of benzene rings is 2. The minimum absolute atomic E-state index is 0.0231. The van der Waals surface area contributed by atoms with E-state index in [1.807, 2.05) is 21.6 Å². The Kier molecular flexibility index (Phi) is 13.3. The molecule has 2 saturated heterocycles. The van der Waals surface area contributed by atoms with Crippen molar-refractivity contribution in [3.05, 3.63) is 83.4 Å². The molecule has 3 N–H and O–H groups in total. The van der Waals surface area contributed by atoms with E-state index in [4.69, 9.17) is 14.2 Å². The molecule has 70 heavy (non-hydrogen) atoms. The first-order valence-corrected chi connectivity index (χ1v) is 29.3. The van der Waals surface area contributed by atoms with Crippen LogP contribution in [-0.2, 0) is 36.6 Å². The van der Waals surface area contributed by atoms with Crippen LogP contribution in [0, 0.1) is 81.0 Å². The van der Waals surface area contributed by atoms with Gasteiger partial charge in [-0.2, -0.15) is 0 Å². The number of nitrogens with one attached hydrogen (secondary N) is 1. The first-order valence-electron chi connectivity index (χ1n) is 26.8. The van der Waals surface area contributed by atoms with Gasteiger partial charge < -0.3 is 24.4 Å². The van der Waals surface area contributed by atoms with Crippen molar-refractivity contribution in [2.45, 2.75) is 160 Å². The highest BCUT2D eigenvalue weighted by Gasteiger charge is 2.84. The number of hydrazine groups is 1. The van der Waals surface area contributed by atoms with Crippen molar-refractivity contribution < 1.29 is 34.0 Å². The largest absolute Gasteiger partial charge is 0.458 e. The molecule has 4 saturated carbocycles. The van der Waals surface area contributed by atoms with Crippen LogP contribution in [0.3, 0.4) is 0 Å². The monoisotopic (exact) mass is 986 g/mol. The van der Waals surface area contributed by atoms with Gasteiger partial charge >= 0.3 is 11.9 Å². The van der Waals surface area contributed by atoms with Gasteiger partial charge in [-0.15, -0.1) is 5.92 Å². The van der Waals surface area contributed by atoms with E-state index in [9.17, 15) is 15.0 Å². The van der Waals surface area contributed by atoms with Gasteiger partial charge in [-0.25, -0.2) is 15.2 Å². The molecule has 0 amide bonds. The van der Waals surface area contributed by atoms with E-state index in [1.165, 1.54) is 11.1 Å². The third-order valence-electron chi connectivity index (χ3n) is 19.9. The van der Waals surface area contributed by atoms with Gasteiger partial charge in [0.05, 0.1) is 35.0 Å². The number of aliphatic hydroxyl groups is 2. The highest BCUT2D eigenvalue weighted by atomic mass is 33.1. The molecule has 9 nitrogen and oxygen atoms in total. The summed E-state index contributed by atoms with van der Waals surface area (Å²) in [4.78, 5) is 29.3. The van der Waals surface area contributed by atoms with Gasteiger partial charge in [0.2, 0.25) is 0 Å². The molecule has 2 aromatic rings. The number of rotatable bonds is 7. The first kappa shape index (κ1) is 48.8. The summed E-state index contributed by atoms with van der Waals surface area (Å²) in [6.45, 7) is 7.46. The second kappa shape index (κ2) is 19.1.